The molecule has 0 unspecified atom stereocenters. The van der Waals surface area contributed by atoms with Crippen molar-refractivity contribution in [2.75, 3.05) is 10.6 Å². The maximum absolute atomic E-state index is 14.8. The molecular formula is C25H17F4N3O2. The van der Waals surface area contributed by atoms with Crippen molar-refractivity contribution in [3.8, 4) is 0 Å². The predicted octanol–water partition coefficient (Wildman–Crippen LogP) is 6.21. The Bertz CT molecular complexity index is 1420. The standard InChI is InChI=1S/C25H17F4N3O2/c1-14-7-8-17(31-23(33)15-4-2-5-16(12-15)25(27,28)29)13-21(14)32-24(34)19-9-10-20-18(22(19)26)6-3-11-30-20/h2-13H,1H3,(H,31,33)(H,32,34). The van der Waals surface area contributed by atoms with E-state index in [4.69, 9.17) is 0 Å². The van der Waals surface area contributed by atoms with Crippen molar-refractivity contribution in [1.82, 2.24) is 4.98 Å². The number of fused-ring (bicyclic) bond motifs is 1. The number of rotatable bonds is 4. The molecule has 2 amide bonds. The van der Waals surface area contributed by atoms with Gasteiger partial charge in [-0.15, -0.1) is 0 Å². The summed E-state index contributed by atoms with van der Waals surface area (Å²) in [4.78, 5) is 29.3. The molecule has 34 heavy (non-hydrogen) atoms. The number of alkyl halides is 3. The Labute approximate surface area is 191 Å². The molecule has 0 aliphatic rings. The Morgan fingerprint density at radius 2 is 1.68 bits per heavy atom. The monoisotopic (exact) mass is 467 g/mol. The number of nitrogens with zero attached hydrogens (tertiary/aromatic N) is 1. The van der Waals surface area contributed by atoms with Crippen molar-refractivity contribution in [3.05, 3.63) is 101 Å². The van der Waals surface area contributed by atoms with E-state index in [2.05, 4.69) is 15.6 Å². The zero-order chi connectivity index (χ0) is 24.5. The van der Waals surface area contributed by atoms with Crippen LogP contribution in [0.4, 0.5) is 28.9 Å². The number of carbonyl (C=O) groups excluding carboxylic acids is 2. The highest BCUT2D eigenvalue weighted by Crippen LogP contribution is 2.30. The van der Waals surface area contributed by atoms with E-state index in [0.29, 0.717) is 16.8 Å². The molecule has 0 fully saturated rings. The van der Waals surface area contributed by atoms with Crippen LogP contribution >= 0.6 is 0 Å². The van der Waals surface area contributed by atoms with Gasteiger partial charge in [-0.25, -0.2) is 4.39 Å². The van der Waals surface area contributed by atoms with Crippen molar-refractivity contribution < 1.29 is 27.2 Å². The zero-order valence-corrected chi connectivity index (χ0v) is 17.7. The van der Waals surface area contributed by atoms with Crippen molar-refractivity contribution >= 4 is 34.1 Å². The molecule has 3 aromatic carbocycles. The summed E-state index contributed by atoms with van der Waals surface area (Å²) in [7, 11) is 0. The Hall–Kier alpha value is -4.27. The topological polar surface area (TPSA) is 71.1 Å². The highest BCUT2D eigenvalue weighted by molar-refractivity contribution is 6.08. The predicted molar refractivity (Wildman–Crippen MR) is 120 cm³/mol. The second-order valence-electron chi connectivity index (χ2n) is 7.51. The number of amides is 2. The fourth-order valence-electron chi connectivity index (χ4n) is 3.36. The molecule has 4 aromatic rings. The van der Waals surface area contributed by atoms with Gasteiger partial charge in [0.15, 0.2) is 0 Å². The minimum Gasteiger partial charge on any atom is -0.322 e. The molecule has 1 aromatic heterocycles. The van der Waals surface area contributed by atoms with E-state index in [9.17, 15) is 27.2 Å². The molecule has 0 atom stereocenters. The van der Waals surface area contributed by atoms with Crippen LogP contribution in [-0.2, 0) is 6.18 Å². The van der Waals surface area contributed by atoms with Crippen LogP contribution in [0.5, 0.6) is 0 Å². The summed E-state index contributed by atoms with van der Waals surface area (Å²) in [5.41, 5.74) is 0.292. The van der Waals surface area contributed by atoms with Crippen LogP contribution in [0.25, 0.3) is 10.9 Å². The minimum atomic E-state index is -4.58. The molecule has 0 spiro atoms. The molecule has 0 aliphatic carbocycles. The van der Waals surface area contributed by atoms with Gasteiger partial charge in [0, 0.05) is 28.5 Å². The SMILES string of the molecule is Cc1ccc(NC(=O)c2cccc(C(F)(F)F)c2)cc1NC(=O)c1ccc2ncccc2c1F. The van der Waals surface area contributed by atoms with E-state index in [0.717, 1.165) is 18.2 Å². The van der Waals surface area contributed by atoms with Crippen LogP contribution in [0.15, 0.2) is 72.9 Å². The lowest BCUT2D eigenvalue weighted by atomic mass is 10.1. The first-order chi connectivity index (χ1) is 16.1. The number of aryl methyl sites for hydroxylation is 1. The first-order valence-corrected chi connectivity index (χ1v) is 10.1. The average Bonchev–Trinajstić information content (AvgIpc) is 2.81. The van der Waals surface area contributed by atoms with E-state index < -0.39 is 29.4 Å². The fourth-order valence-corrected chi connectivity index (χ4v) is 3.36. The number of aromatic nitrogens is 1. The Kier molecular flexibility index (Phi) is 6.02. The summed E-state index contributed by atoms with van der Waals surface area (Å²) in [6.45, 7) is 1.70. The van der Waals surface area contributed by atoms with Gasteiger partial charge in [0.1, 0.15) is 5.82 Å². The number of benzene rings is 3. The minimum absolute atomic E-state index is 0.173. The van der Waals surface area contributed by atoms with Crippen LogP contribution in [-0.4, -0.2) is 16.8 Å². The van der Waals surface area contributed by atoms with Gasteiger partial charge in [-0.2, -0.15) is 13.2 Å². The van der Waals surface area contributed by atoms with Crippen LogP contribution in [0.1, 0.15) is 31.8 Å². The fraction of sp³-hybridized carbons (Fsp3) is 0.0800. The Morgan fingerprint density at radius 1 is 0.882 bits per heavy atom. The lowest BCUT2D eigenvalue weighted by molar-refractivity contribution is -0.137. The van der Waals surface area contributed by atoms with Gasteiger partial charge in [-0.05, 0) is 67.1 Å². The van der Waals surface area contributed by atoms with Gasteiger partial charge in [0.05, 0.1) is 16.6 Å². The molecule has 0 radical (unpaired) electrons. The smallest absolute Gasteiger partial charge is 0.322 e. The second-order valence-corrected chi connectivity index (χ2v) is 7.51. The Balaban J connectivity index is 1.55. The van der Waals surface area contributed by atoms with Gasteiger partial charge in [-0.3, -0.25) is 14.6 Å². The maximum Gasteiger partial charge on any atom is 0.416 e. The van der Waals surface area contributed by atoms with E-state index in [-0.39, 0.29) is 22.2 Å². The van der Waals surface area contributed by atoms with Gasteiger partial charge in [-0.1, -0.05) is 12.1 Å². The van der Waals surface area contributed by atoms with E-state index in [1.807, 2.05) is 0 Å². The first kappa shape index (κ1) is 22.9. The normalized spacial score (nSPS) is 11.3. The molecule has 0 saturated carbocycles. The molecule has 0 aliphatic heterocycles. The molecule has 5 nitrogen and oxygen atoms in total. The third-order valence-corrected chi connectivity index (χ3v) is 5.16. The summed E-state index contributed by atoms with van der Waals surface area (Å²) in [6, 6.07) is 14.6. The summed E-state index contributed by atoms with van der Waals surface area (Å²) < 4.78 is 53.6. The maximum atomic E-state index is 14.8. The molecule has 0 bridgehead atoms. The quantitative estimate of drug-likeness (QED) is 0.351. The lowest BCUT2D eigenvalue weighted by Crippen LogP contribution is -2.16. The Morgan fingerprint density at radius 3 is 2.44 bits per heavy atom. The highest BCUT2D eigenvalue weighted by Gasteiger charge is 2.31. The summed E-state index contributed by atoms with van der Waals surface area (Å²) in [5, 5.41) is 5.33. The van der Waals surface area contributed by atoms with Crippen LogP contribution in [0.2, 0.25) is 0 Å². The van der Waals surface area contributed by atoms with Crippen LogP contribution in [0.3, 0.4) is 0 Å². The molecule has 4 rings (SSSR count). The molecule has 2 N–H and O–H groups in total. The van der Waals surface area contributed by atoms with Gasteiger partial charge >= 0.3 is 6.18 Å². The number of halogens is 4. The summed E-state index contributed by atoms with van der Waals surface area (Å²) in [6.07, 6.45) is -3.06. The van der Waals surface area contributed by atoms with Crippen LogP contribution in [0, 0.1) is 12.7 Å². The first-order valence-electron chi connectivity index (χ1n) is 10.1. The highest BCUT2D eigenvalue weighted by atomic mass is 19.4. The molecular weight excluding hydrogens is 450 g/mol. The number of anilines is 2. The second kappa shape index (κ2) is 8.93. The summed E-state index contributed by atoms with van der Waals surface area (Å²) >= 11 is 0. The van der Waals surface area contributed by atoms with Gasteiger partial charge in [0.2, 0.25) is 0 Å². The van der Waals surface area contributed by atoms with Crippen molar-refractivity contribution in [2.24, 2.45) is 0 Å². The number of hydrogen-bond acceptors (Lipinski definition) is 3. The third-order valence-electron chi connectivity index (χ3n) is 5.16. The number of nitrogens with one attached hydrogen (secondary N) is 2. The van der Waals surface area contributed by atoms with E-state index in [1.165, 1.54) is 36.5 Å². The summed E-state index contributed by atoms with van der Waals surface area (Å²) in [5.74, 6) is -2.16. The van der Waals surface area contributed by atoms with Crippen molar-refractivity contribution in [2.45, 2.75) is 13.1 Å². The number of pyridine rings is 1. The van der Waals surface area contributed by atoms with Crippen molar-refractivity contribution in [1.29, 1.82) is 0 Å². The van der Waals surface area contributed by atoms with E-state index >= 15 is 0 Å². The average molecular weight is 467 g/mol. The largest absolute Gasteiger partial charge is 0.416 e. The number of carbonyl (C=O) groups is 2. The van der Waals surface area contributed by atoms with Gasteiger partial charge in [0.25, 0.3) is 11.8 Å². The van der Waals surface area contributed by atoms with Crippen molar-refractivity contribution in [3.63, 3.8) is 0 Å². The zero-order valence-electron chi connectivity index (χ0n) is 17.7. The molecule has 1 heterocycles. The molecule has 9 heteroatoms. The molecule has 0 saturated heterocycles. The molecule has 172 valence electrons. The lowest BCUT2D eigenvalue weighted by Gasteiger charge is -2.13. The van der Waals surface area contributed by atoms with E-state index in [1.54, 1.807) is 25.1 Å². The van der Waals surface area contributed by atoms with Gasteiger partial charge < -0.3 is 10.6 Å². The third kappa shape index (κ3) is 4.73. The number of hydrogen-bond donors (Lipinski definition) is 2. The van der Waals surface area contributed by atoms with Crippen LogP contribution < -0.4 is 10.6 Å².